The molecular weight excluding hydrogens is 518 g/mol. The second kappa shape index (κ2) is 9.69. The summed E-state index contributed by atoms with van der Waals surface area (Å²) in [6.07, 6.45) is 0. The SMILES string of the molecule is CN1C(N2c3ccccc3-c3ccccc3-c3c2sc2ccccc32)=C(c2ccccc2)NCC1c1ccccc1. The van der Waals surface area contributed by atoms with Crippen molar-refractivity contribution in [1.29, 1.82) is 0 Å². The van der Waals surface area contributed by atoms with Crippen LogP contribution in [0, 0.1) is 0 Å². The third-order valence-corrected chi connectivity index (χ3v) is 9.52. The van der Waals surface area contributed by atoms with E-state index in [0.29, 0.717) is 0 Å². The van der Waals surface area contributed by atoms with Crippen molar-refractivity contribution in [1.82, 2.24) is 10.2 Å². The molecule has 6 aromatic rings. The second-order valence-electron chi connectivity index (χ2n) is 10.7. The van der Waals surface area contributed by atoms with Crippen LogP contribution in [0.3, 0.4) is 0 Å². The summed E-state index contributed by atoms with van der Waals surface area (Å²) in [4.78, 5) is 5.01. The van der Waals surface area contributed by atoms with Crippen LogP contribution in [0.5, 0.6) is 0 Å². The average molecular weight is 548 g/mol. The van der Waals surface area contributed by atoms with Crippen molar-refractivity contribution in [2.75, 3.05) is 18.5 Å². The van der Waals surface area contributed by atoms with E-state index in [2.05, 4.69) is 156 Å². The molecule has 1 atom stereocenters. The first-order chi connectivity index (χ1) is 20.3. The lowest BCUT2D eigenvalue weighted by atomic mass is 9.94. The van der Waals surface area contributed by atoms with Crippen LogP contribution in [0.4, 0.5) is 10.7 Å². The highest BCUT2D eigenvalue weighted by Gasteiger charge is 2.37. The van der Waals surface area contributed by atoms with E-state index in [1.54, 1.807) is 0 Å². The molecular formula is C37H29N3S. The van der Waals surface area contributed by atoms with Gasteiger partial charge in [-0.2, -0.15) is 0 Å². The molecule has 0 saturated heterocycles. The van der Waals surface area contributed by atoms with Crippen LogP contribution in [0.15, 0.2) is 139 Å². The van der Waals surface area contributed by atoms with Crippen molar-refractivity contribution in [3.05, 3.63) is 150 Å². The molecule has 0 bridgehead atoms. The molecule has 41 heavy (non-hydrogen) atoms. The van der Waals surface area contributed by atoms with Gasteiger partial charge in [0, 0.05) is 40.4 Å². The number of fused-ring (bicyclic) bond motifs is 7. The van der Waals surface area contributed by atoms with Crippen molar-refractivity contribution < 1.29 is 0 Å². The lowest BCUT2D eigenvalue weighted by Crippen LogP contribution is -2.44. The molecule has 1 aromatic heterocycles. The lowest BCUT2D eigenvalue weighted by molar-refractivity contribution is 0.286. The maximum absolute atomic E-state index is 3.90. The number of nitrogens with zero attached hydrogens (tertiary/aromatic N) is 2. The number of rotatable bonds is 3. The predicted octanol–water partition coefficient (Wildman–Crippen LogP) is 9.29. The fraction of sp³-hybridized carbons (Fsp3) is 0.0811. The van der Waals surface area contributed by atoms with E-state index in [9.17, 15) is 0 Å². The molecule has 0 saturated carbocycles. The molecule has 1 unspecified atom stereocenters. The van der Waals surface area contributed by atoms with E-state index in [1.165, 1.54) is 54.2 Å². The van der Waals surface area contributed by atoms with Crippen LogP contribution < -0.4 is 10.2 Å². The Bertz CT molecular complexity index is 1920. The normalized spacial score (nSPS) is 16.1. The summed E-state index contributed by atoms with van der Waals surface area (Å²) >= 11 is 1.88. The van der Waals surface area contributed by atoms with Gasteiger partial charge in [0.1, 0.15) is 10.8 Å². The summed E-state index contributed by atoms with van der Waals surface area (Å²) in [7, 11) is 2.25. The molecule has 0 aliphatic carbocycles. The fourth-order valence-electron chi connectivity index (χ4n) is 6.46. The van der Waals surface area contributed by atoms with E-state index in [-0.39, 0.29) is 6.04 Å². The van der Waals surface area contributed by atoms with Gasteiger partial charge in [-0.25, -0.2) is 0 Å². The second-order valence-corrected chi connectivity index (χ2v) is 11.7. The Morgan fingerprint density at radius 2 is 1.29 bits per heavy atom. The Morgan fingerprint density at radius 1 is 0.659 bits per heavy atom. The highest BCUT2D eigenvalue weighted by molar-refractivity contribution is 7.23. The van der Waals surface area contributed by atoms with Gasteiger partial charge in [0.2, 0.25) is 0 Å². The van der Waals surface area contributed by atoms with Crippen molar-refractivity contribution in [2.24, 2.45) is 0 Å². The van der Waals surface area contributed by atoms with E-state index in [1.807, 2.05) is 11.3 Å². The summed E-state index contributed by atoms with van der Waals surface area (Å²) < 4.78 is 1.30. The van der Waals surface area contributed by atoms with Crippen molar-refractivity contribution >= 4 is 37.8 Å². The monoisotopic (exact) mass is 547 g/mol. The van der Waals surface area contributed by atoms with Crippen LogP contribution in [0.2, 0.25) is 0 Å². The Morgan fingerprint density at radius 3 is 2.10 bits per heavy atom. The standard InChI is InChI=1S/C37H29N3S/c1-39-32(25-14-4-2-5-15-25)24-38-35(26-16-6-3-7-17-26)36(39)40-31-22-12-10-19-28(31)27-18-8-9-20-29(27)34-30-21-11-13-23-33(30)41-37(34)40/h2-23,32,38H,24H2,1H3. The van der Waals surface area contributed by atoms with E-state index in [0.717, 1.165) is 18.1 Å². The molecule has 0 radical (unpaired) electrons. The summed E-state index contributed by atoms with van der Waals surface area (Å²) in [5.41, 5.74) is 9.91. The molecule has 198 valence electrons. The topological polar surface area (TPSA) is 18.5 Å². The van der Waals surface area contributed by atoms with Gasteiger partial charge in [-0.3, -0.25) is 4.90 Å². The average Bonchev–Trinajstić information content (AvgIpc) is 3.37. The van der Waals surface area contributed by atoms with Crippen molar-refractivity contribution in [3.63, 3.8) is 0 Å². The van der Waals surface area contributed by atoms with Gasteiger partial charge in [0.25, 0.3) is 0 Å². The molecule has 1 N–H and O–H groups in total. The third kappa shape index (κ3) is 3.79. The number of thiophene rings is 1. The fourth-order valence-corrected chi connectivity index (χ4v) is 7.70. The molecule has 0 fully saturated rings. The highest BCUT2D eigenvalue weighted by atomic mass is 32.1. The zero-order chi connectivity index (χ0) is 27.3. The van der Waals surface area contributed by atoms with Gasteiger partial charge < -0.3 is 10.2 Å². The first-order valence-electron chi connectivity index (χ1n) is 14.1. The zero-order valence-electron chi connectivity index (χ0n) is 22.8. The summed E-state index contributed by atoms with van der Waals surface area (Å²) in [6.45, 7) is 0.823. The molecule has 0 spiro atoms. The zero-order valence-corrected chi connectivity index (χ0v) is 23.6. The number of likely N-dealkylation sites (N-methyl/N-ethyl adjacent to an activating group) is 1. The first-order valence-corrected chi connectivity index (χ1v) is 14.9. The maximum Gasteiger partial charge on any atom is 0.139 e. The molecule has 8 rings (SSSR count). The van der Waals surface area contributed by atoms with Crippen LogP contribution in [0.25, 0.3) is 38.0 Å². The van der Waals surface area contributed by atoms with Gasteiger partial charge in [0.05, 0.1) is 17.4 Å². The minimum absolute atomic E-state index is 0.175. The Hall–Kier alpha value is -4.80. The van der Waals surface area contributed by atoms with Crippen molar-refractivity contribution in [3.8, 4) is 22.3 Å². The molecule has 3 nitrogen and oxygen atoms in total. The summed E-state index contributed by atoms with van der Waals surface area (Å²) in [6, 6.07) is 48.4. The van der Waals surface area contributed by atoms with Crippen molar-refractivity contribution in [2.45, 2.75) is 6.04 Å². The molecule has 5 aromatic carbocycles. The van der Waals surface area contributed by atoms with Gasteiger partial charge in [0.15, 0.2) is 0 Å². The van der Waals surface area contributed by atoms with Crippen LogP contribution in [-0.2, 0) is 0 Å². The Labute approximate surface area is 244 Å². The van der Waals surface area contributed by atoms with Crippen LogP contribution in [0.1, 0.15) is 17.2 Å². The number of para-hydroxylation sites is 1. The van der Waals surface area contributed by atoms with E-state index < -0.39 is 0 Å². The Balaban J connectivity index is 1.48. The maximum atomic E-state index is 3.90. The van der Waals surface area contributed by atoms with Gasteiger partial charge in [-0.1, -0.05) is 121 Å². The molecule has 2 aliphatic rings. The van der Waals surface area contributed by atoms with Gasteiger partial charge >= 0.3 is 0 Å². The minimum Gasteiger partial charge on any atom is -0.379 e. The molecule has 4 heteroatoms. The quantitative estimate of drug-likeness (QED) is 0.238. The summed E-state index contributed by atoms with van der Waals surface area (Å²) in [5.74, 6) is 1.16. The highest BCUT2D eigenvalue weighted by Crippen LogP contribution is 2.56. The van der Waals surface area contributed by atoms with Crippen LogP contribution in [-0.4, -0.2) is 18.5 Å². The van der Waals surface area contributed by atoms with E-state index in [4.69, 9.17) is 0 Å². The van der Waals surface area contributed by atoms with Crippen LogP contribution >= 0.6 is 11.3 Å². The first kappa shape index (κ1) is 24.0. The number of benzene rings is 5. The van der Waals surface area contributed by atoms with Gasteiger partial charge in [-0.15, -0.1) is 11.3 Å². The molecule has 2 aliphatic heterocycles. The molecule has 0 amide bonds. The number of hydrogen-bond acceptors (Lipinski definition) is 4. The minimum atomic E-state index is 0.175. The lowest BCUT2D eigenvalue weighted by Gasteiger charge is -2.43. The smallest absolute Gasteiger partial charge is 0.139 e. The third-order valence-electron chi connectivity index (χ3n) is 8.37. The number of nitrogens with one attached hydrogen (secondary N) is 1. The molecule has 3 heterocycles. The largest absolute Gasteiger partial charge is 0.379 e. The number of anilines is 2. The summed E-state index contributed by atoms with van der Waals surface area (Å²) in [5, 5.41) is 6.44. The predicted molar refractivity (Wildman–Crippen MR) is 173 cm³/mol. The Kier molecular flexibility index (Phi) is 5.68. The number of hydrogen-bond donors (Lipinski definition) is 1. The van der Waals surface area contributed by atoms with Gasteiger partial charge in [-0.05, 0) is 28.8 Å². The van der Waals surface area contributed by atoms with E-state index >= 15 is 0 Å².